The number of ether oxygens (including phenoxy) is 1. The summed E-state index contributed by atoms with van der Waals surface area (Å²) < 4.78 is 33.7. The van der Waals surface area contributed by atoms with Crippen molar-refractivity contribution in [2.24, 2.45) is 5.92 Å². The number of amides is 1. The van der Waals surface area contributed by atoms with Crippen molar-refractivity contribution < 1.29 is 18.3 Å². The van der Waals surface area contributed by atoms with E-state index in [1.165, 1.54) is 0 Å². The number of carbonyl (C=O) groups is 1. The van der Waals surface area contributed by atoms with Gasteiger partial charge in [0.15, 0.2) is 0 Å². The Morgan fingerprint density at radius 3 is 2.93 bits per heavy atom. The zero-order valence-electron chi connectivity index (χ0n) is 16.3. The van der Waals surface area contributed by atoms with Gasteiger partial charge in [-0.2, -0.15) is 0 Å². The first-order valence-corrected chi connectivity index (χ1v) is 10.8. The summed E-state index contributed by atoms with van der Waals surface area (Å²) in [5, 5.41) is 14.7. The van der Waals surface area contributed by atoms with Crippen LogP contribution in [0.1, 0.15) is 30.4 Å². The van der Waals surface area contributed by atoms with E-state index in [2.05, 4.69) is 10.6 Å². The van der Waals surface area contributed by atoms with E-state index in [-0.39, 0.29) is 22.4 Å². The third-order valence-corrected chi connectivity index (χ3v) is 6.76. The monoisotopic (exact) mass is 431 g/mol. The molecular formula is C22H23F2N3O2S. The lowest BCUT2D eigenvalue weighted by Crippen LogP contribution is -2.47. The number of carbonyl (C=O) groups excluding carboxylic acids is 1. The minimum atomic E-state index is -0.992. The van der Waals surface area contributed by atoms with Crippen molar-refractivity contribution in [2.75, 3.05) is 19.7 Å². The fraction of sp³-hybridized carbons (Fsp3) is 0.364. The van der Waals surface area contributed by atoms with Crippen LogP contribution in [0.5, 0.6) is 5.75 Å². The summed E-state index contributed by atoms with van der Waals surface area (Å²) in [5.74, 6) is -0.530. The molecule has 2 aliphatic heterocycles. The molecule has 5 nitrogen and oxygen atoms in total. The molecule has 0 spiro atoms. The summed E-state index contributed by atoms with van der Waals surface area (Å²) in [6, 6.07) is 10.4. The molecule has 158 valence electrons. The van der Waals surface area contributed by atoms with Crippen LogP contribution < -0.4 is 15.4 Å². The topological polar surface area (TPSA) is 74.2 Å². The third kappa shape index (κ3) is 4.34. The second kappa shape index (κ2) is 8.73. The molecule has 8 heteroatoms. The fourth-order valence-electron chi connectivity index (χ4n) is 3.95. The summed E-state index contributed by atoms with van der Waals surface area (Å²) in [4.78, 5) is 11.9. The van der Waals surface area contributed by atoms with Gasteiger partial charge in [0.05, 0.1) is 11.7 Å². The Morgan fingerprint density at radius 1 is 1.30 bits per heavy atom. The molecule has 0 aliphatic carbocycles. The van der Waals surface area contributed by atoms with E-state index >= 15 is 0 Å². The molecule has 2 aromatic rings. The van der Waals surface area contributed by atoms with Crippen molar-refractivity contribution in [3.05, 3.63) is 65.2 Å². The lowest BCUT2D eigenvalue weighted by atomic mass is 9.98. The van der Waals surface area contributed by atoms with Crippen LogP contribution in [0, 0.1) is 23.0 Å². The average molecular weight is 432 g/mol. The number of para-hydroxylation sites is 1. The Morgan fingerprint density at radius 2 is 2.13 bits per heavy atom. The van der Waals surface area contributed by atoms with Crippen LogP contribution in [-0.2, 0) is 9.67 Å². The second-order valence-electron chi connectivity index (χ2n) is 7.59. The Bertz CT molecular complexity index is 965. The lowest BCUT2D eigenvalue weighted by Gasteiger charge is -2.39. The van der Waals surface area contributed by atoms with Crippen LogP contribution in [0.25, 0.3) is 0 Å². The Balaban J connectivity index is 1.65. The number of hydrogen-bond acceptors (Lipinski definition) is 5. The van der Waals surface area contributed by atoms with Crippen molar-refractivity contribution in [2.45, 2.75) is 24.1 Å². The maximum absolute atomic E-state index is 14.3. The van der Waals surface area contributed by atoms with Gasteiger partial charge in [-0.1, -0.05) is 30.0 Å². The van der Waals surface area contributed by atoms with Gasteiger partial charge in [0.2, 0.25) is 5.91 Å². The van der Waals surface area contributed by atoms with Gasteiger partial charge in [-0.15, -0.1) is 0 Å². The smallest absolute Gasteiger partial charge is 0.221 e. The number of halogens is 2. The minimum Gasteiger partial charge on any atom is -0.493 e. The molecule has 30 heavy (non-hydrogen) atoms. The predicted octanol–water partition coefficient (Wildman–Crippen LogP) is 3.77. The van der Waals surface area contributed by atoms with E-state index in [0.717, 1.165) is 55.0 Å². The lowest BCUT2D eigenvalue weighted by molar-refractivity contribution is -0.123. The molecule has 2 aliphatic rings. The number of thioether (sulfide) groups is 1. The molecule has 2 aromatic carbocycles. The number of fused-ring (bicyclic) bond motifs is 1. The number of nitrogens with one attached hydrogen (secondary N) is 3. The predicted molar refractivity (Wildman–Crippen MR) is 113 cm³/mol. The highest BCUT2D eigenvalue weighted by Gasteiger charge is 2.42. The maximum atomic E-state index is 14.3. The molecule has 4 rings (SSSR count). The van der Waals surface area contributed by atoms with Gasteiger partial charge in [-0.3, -0.25) is 10.2 Å². The second-order valence-corrected chi connectivity index (χ2v) is 8.90. The zero-order chi connectivity index (χ0) is 21.1. The molecular weight excluding hydrogens is 408 g/mol. The Hall–Kier alpha value is -2.45. The van der Waals surface area contributed by atoms with E-state index in [0.29, 0.717) is 25.2 Å². The molecule has 1 saturated heterocycles. The molecule has 0 radical (unpaired) electrons. The highest BCUT2D eigenvalue weighted by Crippen LogP contribution is 2.46. The summed E-state index contributed by atoms with van der Waals surface area (Å²) in [5.41, 5.74) is 0.596. The third-order valence-electron chi connectivity index (χ3n) is 5.46. The van der Waals surface area contributed by atoms with Crippen molar-refractivity contribution in [3.8, 4) is 5.75 Å². The van der Waals surface area contributed by atoms with E-state index < -0.39 is 16.5 Å². The molecule has 0 bridgehead atoms. The van der Waals surface area contributed by atoms with Gasteiger partial charge in [-0.05, 0) is 49.7 Å². The average Bonchev–Trinajstić information content (AvgIpc) is 3.23. The molecule has 2 heterocycles. The minimum absolute atomic E-state index is 0.125. The number of hydrogen-bond donors (Lipinski definition) is 3. The largest absolute Gasteiger partial charge is 0.493 e. The van der Waals surface area contributed by atoms with Crippen LogP contribution in [-0.4, -0.2) is 30.6 Å². The molecule has 0 aromatic heterocycles. The first-order chi connectivity index (χ1) is 14.5. The summed E-state index contributed by atoms with van der Waals surface area (Å²) in [6.45, 7) is 2.05. The molecule has 3 N–H and O–H groups in total. The highest BCUT2D eigenvalue weighted by atomic mass is 32.2. The molecule has 1 amide bonds. The first kappa shape index (κ1) is 20.8. The standard InChI is InChI=1S/C22H23F2N3O2S/c23-15-5-6-18(24)16(12-15)21(25)30-22(27-20(28)11-14-7-9-26-13-14)8-10-29-19-4-2-1-3-17(19)22/h1-6,12,14,25-26H,7-11,13H2,(H,27,28). The summed E-state index contributed by atoms with van der Waals surface area (Å²) in [7, 11) is 0. The highest BCUT2D eigenvalue weighted by molar-refractivity contribution is 8.15. The van der Waals surface area contributed by atoms with Crippen LogP contribution in [0.2, 0.25) is 0 Å². The quantitative estimate of drug-likeness (QED) is 0.383. The van der Waals surface area contributed by atoms with Crippen LogP contribution in [0.4, 0.5) is 8.78 Å². The van der Waals surface area contributed by atoms with Gasteiger partial charge in [0.1, 0.15) is 22.3 Å². The fourth-order valence-corrected chi connectivity index (χ4v) is 5.20. The van der Waals surface area contributed by atoms with Gasteiger partial charge in [0.25, 0.3) is 0 Å². The molecule has 0 saturated carbocycles. The van der Waals surface area contributed by atoms with E-state index in [9.17, 15) is 13.6 Å². The van der Waals surface area contributed by atoms with Crippen LogP contribution in [0.15, 0.2) is 42.5 Å². The van der Waals surface area contributed by atoms with Gasteiger partial charge in [-0.25, -0.2) is 8.78 Å². The Kier molecular flexibility index (Phi) is 6.06. The Labute approximate surface area is 178 Å². The molecule has 2 atom stereocenters. The van der Waals surface area contributed by atoms with E-state index in [1.54, 1.807) is 0 Å². The number of benzene rings is 2. The SMILES string of the molecule is N=C(SC1(NC(=O)CC2CCNC2)CCOc2ccccc21)c1cc(F)ccc1F. The molecule has 2 unspecified atom stereocenters. The van der Waals surface area contributed by atoms with Crippen LogP contribution in [0.3, 0.4) is 0 Å². The van der Waals surface area contributed by atoms with E-state index in [4.69, 9.17) is 10.1 Å². The maximum Gasteiger partial charge on any atom is 0.221 e. The van der Waals surface area contributed by atoms with Crippen LogP contribution >= 0.6 is 11.8 Å². The number of rotatable bonds is 5. The summed E-state index contributed by atoms with van der Waals surface area (Å²) in [6.07, 6.45) is 1.72. The van der Waals surface area contributed by atoms with Crippen molar-refractivity contribution in [3.63, 3.8) is 0 Å². The van der Waals surface area contributed by atoms with Crippen molar-refractivity contribution in [1.29, 1.82) is 5.41 Å². The molecule has 1 fully saturated rings. The van der Waals surface area contributed by atoms with Crippen molar-refractivity contribution >= 4 is 22.7 Å². The van der Waals surface area contributed by atoms with Gasteiger partial charge >= 0.3 is 0 Å². The van der Waals surface area contributed by atoms with Gasteiger partial charge < -0.3 is 15.4 Å². The zero-order valence-corrected chi connectivity index (χ0v) is 17.2. The van der Waals surface area contributed by atoms with Crippen molar-refractivity contribution in [1.82, 2.24) is 10.6 Å². The normalized spacial score (nSPS) is 22.8. The van der Waals surface area contributed by atoms with E-state index in [1.807, 2.05) is 24.3 Å². The first-order valence-electron chi connectivity index (χ1n) is 9.94. The van der Waals surface area contributed by atoms with Gasteiger partial charge in [0, 0.05) is 24.0 Å². The summed E-state index contributed by atoms with van der Waals surface area (Å²) >= 11 is 1.02.